The van der Waals surface area contributed by atoms with Crippen molar-refractivity contribution in [3.8, 4) is 11.5 Å². The molecule has 140 valence electrons. The van der Waals surface area contributed by atoms with Crippen molar-refractivity contribution in [1.29, 1.82) is 0 Å². The minimum absolute atomic E-state index is 0.189. The molecule has 0 bridgehead atoms. The molecule has 0 aliphatic heterocycles. The quantitative estimate of drug-likeness (QED) is 0.494. The molecule has 0 saturated carbocycles. The first-order valence-electron chi connectivity index (χ1n) is 7.90. The summed E-state index contributed by atoms with van der Waals surface area (Å²) in [5.74, 6) is 0.377. The van der Waals surface area contributed by atoms with Gasteiger partial charge < -0.3 is 9.05 Å². The van der Waals surface area contributed by atoms with E-state index in [0.717, 1.165) is 12.1 Å². The van der Waals surface area contributed by atoms with Gasteiger partial charge in [-0.1, -0.05) is 48.5 Å². The Labute approximate surface area is 154 Å². The fraction of sp³-hybridized carbons (Fsp3) is 0.0526. The molecule has 0 unspecified atom stereocenters. The molecule has 0 aliphatic rings. The largest absolute Gasteiger partial charge is 0.541 e. The first-order valence-corrected chi connectivity index (χ1v) is 9.44. The molecule has 3 aromatic carbocycles. The summed E-state index contributed by atoms with van der Waals surface area (Å²) in [4.78, 5) is 0. The summed E-state index contributed by atoms with van der Waals surface area (Å²) < 4.78 is 63.9. The molecule has 8 heteroatoms. The number of anilines is 1. The monoisotopic (exact) mass is 393 g/mol. The third kappa shape index (κ3) is 5.05. The van der Waals surface area contributed by atoms with Crippen LogP contribution in [0.1, 0.15) is 5.56 Å². The summed E-state index contributed by atoms with van der Waals surface area (Å²) in [6.45, 7) is 0. The van der Waals surface area contributed by atoms with Crippen LogP contribution >= 0.6 is 7.75 Å². The molecule has 0 atom stereocenters. The fourth-order valence-corrected chi connectivity index (χ4v) is 3.70. The van der Waals surface area contributed by atoms with E-state index in [1.165, 1.54) is 36.4 Å². The maximum absolute atomic E-state index is 13.3. The fourth-order valence-electron chi connectivity index (χ4n) is 2.28. The van der Waals surface area contributed by atoms with Gasteiger partial charge in [0.2, 0.25) is 0 Å². The van der Waals surface area contributed by atoms with Gasteiger partial charge in [0.25, 0.3) is 0 Å². The lowest BCUT2D eigenvalue weighted by Crippen LogP contribution is -2.14. The second kappa shape index (κ2) is 7.76. The van der Waals surface area contributed by atoms with Crippen molar-refractivity contribution in [3.63, 3.8) is 0 Å². The number of alkyl halides is 3. The van der Waals surface area contributed by atoms with Crippen LogP contribution in [0.3, 0.4) is 0 Å². The summed E-state index contributed by atoms with van der Waals surface area (Å²) in [6.07, 6.45) is -4.63. The van der Waals surface area contributed by atoms with Crippen LogP contribution < -0.4 is 14.1 Å². The molecular weight excluding hydrogens is 378 g/mol. The van der Waals surface area contributed by atoms with Crippen molar-refractivity contribution in [2.24, 2.45) is 0 Å². The highest BCUT2D eigenvalue weighted by atomic mass is 31.2. The highest BCUT2D eigenvalue weighted by molar-refractivity contribution is 7.56. The third-order valence-electron chi connectivity index (χ3n) is 3.43. The van der Waals surface area contributed by atoms with E-state index in [-0.39, 0.29) is 11.5 Å². The number of benzene rings is 3. The predicted octanol–water partition coefficient (Wildman–Crippen LogP) is 6.38. The SMILES string of the molecule is O=P(Nc1ccccc1C(F)(F)F)(Oc1ccccc1)Oc1ccccc1. The number of hydrogen-bond acceptors (Lipinski definition) is 3. The van der Waals surface area contributed by atoms with Crippen molar-refractivity contribution in [2.75, 3.05) is 5.09 Å². The van der Waals surface area contributed by atoms with Crippen molar-refractivity contribution < 1.29 is 26.8 Å². The number of nitrogens with one attached hydrogen (secondary N) is 1. The van der Waals surface area contributed by atoms with Gasteiger partial charge in [-0.3, -0.25) is 5.09 Å². The summed E-state index contributed by atoms with van der Waals surface area (Å²) >= 11 is 0. The molecule has 3 rings (SSSR count). The van der Waals surface area contributed by atoms with Crippen LogP contribution in [0.15, 0.2) is 84.9 Å². The predicted molar refractivity (Wildman–Crippen MR) is 96.8 cm³/mol. The summed E-state index contributed by atoms with van der Waals surface area (Å²) in [6, 6.07) is 20.8. The van der Waals surface area contributed by atoms with E-state index in [1.54, 1.807) is 36.4 Å². The topological polar surface area (TPSA) is 47.6 Å². The number of rotatable bonds is 6. The molecule has 0 saturated heterocycles. The molecular formula is C19H15F3NO3P. The Morgan fingerprint density at radius 3 is 1.63 bits per heavy atom. The van der Waals surface area contributed by atoms with Crippen LogP contribution in [0.2, 0.25) is 0 Å². The normalized spacial score (nSPS) is 11.7. The van der Waals surface area contributed by atoms with Crippen LogP contribution in [0.25, 0.3) is 0 Å². The van der Waals surface area contributed by atoms with E-state index in [9.17, 15) is 17.7 Å². The first kappa shape index (κ1) is 18.9. The van der Waals surface area contributed by atoms with Crippen molar-refractivity contribution in [3.05, 3.63) is 90.5 Å². The smallest absolute Gasteiger partial charge is 0.400 e. The van der Waals surface area contributed by atoms with Gasteiger partial charge in [-0.2, -0.15) is 13.2 Å². The standard InChI is InChI=1S/C19H15F3NO3P/c20-19(21,22)17-13-7-8-14-18(17)23-27(24,25-15-9-3-1-4-10-15)26-16-11-5-2-6-12-16/h1-14H,(H,23,24). The Bertz CT molecular complexity index is 888. The minimum atomic E-state index is -4.63. The number of para-hydroxylation sites is 3. The maximum atomic E-state index is 13.3. The van der Waals surface area contributed by atoms with Crippen molar-refractivity contribution in [2.45, 2.75) is 6.18 Å². The molecule has 3 aromatic rings. The third-order valence-corrected chi connectivity index (χ3v) is 4.84. The lowest BCUT2D eigenvalue weighted by molar-refractivity contribution is -0.136. The van der Waals surface area contributed by atoms with Gasteiger partial charge in [0.1, 0.15) is 11.5 Å². The van der Waals surface area contributed by atoms with Gasteiger partial charge in [-0.05, 0) is 36.4 Å². The highest BCUT2D eigenvalue weighted by Crippen LogP contribution is 2.50. The van der Waals surface area contributed by atoms with Crippen LogP contribution in [0, 0.1) is 0 Å². The lowest BCUT2D eigenvalue weighted by atomic mass is 10.2. The molecule has 0 aromatic heterocycles. The number of hydrogen-bond donors (Lipinski definition) is 1. The van der Waals surface area contributed by atoms with Crippen LogP contribution in [0.4, 0.5) is 18.9 Å². The lowest BCUT2D eigenvalue weighted by Gasteiger charge is -2.22. The Morgan fingerprint density at radius 2 is 1.15 bits per heavy atom. The molecule has 0 aliphatic carbocycles. The van der Waals surface area contributed by atoms with Crippen molar-refractivity contribution in [1.82, 2.24) is 0 Å². The van der Waals surface area contributed by atoms with Gasteiger partial charge in [0, 0.05) is 0 Å². The molecule has 1 N–H and O–H groups in total. The van der Waals surface area contributed by atoms with Crippen LogP contribution in [-0.2, 0) is 10.7 Å². The van der Waals surface area contributed by atoms with E-state index in [1.807, 2.05) is 0 Å². The molecule has 0 fully saturated rings. The summed E-state index contributed by atoms with van der Waals surface area (Å²) in [5, 5.41) is 2.32. The van der Waals surface area contributed by atoms with Gasteiger partial charge in [-0.15, -0.1) is 0 Å². The minimum Gasteiger partial charge on any atom is -0.400 e. The van der Waals surface area contributed by atoms with E-state index in [4.69, 9.17) is 9.05 Å². The Morgan fingerprint density at radius 1 is 0.704 bits per heavy atom. The summed E-state index contributed by atoms with van der Waals surface area (Å²) in [5.41, 5.74) is -1.38. The zero-order valence-electron chi connectivity index (χ0n) is 13.9. The molecule has 0 amide bonds. The Hall–Kier alpha value is -2.92. The Balaban J connectivity index is 1.97. The summed E-state index contributed by atoms with van der Waals surface area (Å²) in [7, 11) is -4.23. The average Bonchev–Trinajstić information content (AvgIpc) is 2.62. The molecule has 0 spiro atoms. The van der Waals surface area contributed by atoms with Gasteiger partial charge in [-0.25, -0.2) is 4.57 Å². The van der Waals surface area contributed by atoms with Crippen LogP contribution in [-0.4, -0.2) is 0 Å². The molecule has 0 heterocycles. The van der Waals surface area contributed by atoms with E-state index in [2.05, 4.69) is 5.09 Å². The van der Waals surface area contributed by atoms with Gasteiger partial charge >= 0.3 is 13.9 Å². The zero-order valence-corrected chi connectivity index (χ0v) is 14.8. The van der Waals surface area contributed by atoms with Gasteiger partial charge in [0.05, 0.1) is 11.3 Å². The molecule has 27 heavy (non-hydrogen) atoms. The van der Waals surface area contributed by atoms with Crippen LogP contribution in [0.5, 0.6) is 11.5 Å². The first-order chi connectivity index (χ1) is 12.9. The van der Waals surface area contributed by atoms with E-state index in [0.29, 0.717) is 0 Å². The maximum Gasteiger partial charge on any atom is 0.541 e. The number of halogens is 3. The Kier molecular flexibility index (Phi) is 5.42. The van der Waals surface area contributed by atoms with E-state index < -0.39 is 25.2 Å². The molecule has 4 nitrogen and oxygen atoms in total. The van der Waals surface area contributed by atoms with Crippen molar-refractivity contribution >= 4 is 13.4 Å². The highest BCUT2D eigenvalue weighted by Gasteiger charge is 2.37. The van der Waals surface area contributed by atoms with Gasteiger partial charge in [0.15, 0.2) is 0 Å². The second-order valence-corrected chi connectivity index (χ2v) is 7.04. The second-order valence-electron chi connectivity index (χ2n) is 5.46. The zero-order chi connectivity index (χ0) is 19.3. The van der Waals surface area contributed by atoms with E-state index >= 15 is 0 Å². The molecule has 0 radical (unpaired) electrons. The average molecular weight is 393 g/mol.